The summed E-state index contributed by atoms with van der Waals surface area (Å²) in [6.45, 7) is -0.290. The standard InChI is InChI=1S/C25H21N3O8S/c1-34-25(31)17-7-10-20-21(13-17)27-22(28-24(20)30)15-36-23(29)11-6-16-4-8-19(9-5-16)37(32,33)26-14-18-3-2-12-35-18/h2-13,26H,14-15H2,1H3,(H,27,28,30)/b11-6+. The number of sulfonamides is 1. The number of ether oxygens (including phenoxy) is 2. The predicted octanol–water partition coefficient (Wildman–Crippen LogP) is 2.54. The minimum Gasteiger partial charge on any atom is -0.468 e. The van der Waals surface area contributed by atoms with Crippen molar-refractivity contribution in [2.24, 2.45) is 0 Å². The number of carbonyl (C=O) groups excluding carboxylic acids is 2. The van der Waals surface area contributed by atoms with Crippen LogP contribution in [-0.4, -0.2) is 37.4 Å². The molecule has 0 unspecified atom stereocenters. The van der Waals surface area contributed by atoms with Crippen LogP contribution in [0.15, 0.2) is 81.0 Å². The van der Waals surface area contributed by atoms with Gasteiger partial charge >= 0.3 is 11.9 Å². The highest BCUT2D eigenvalue weighted by atomic mass is 32.2. The normalized spacial score (nSPS) is 11.6. The summed E-state index contributed by atoms with van der Waals surface area (Å²) in [6.07, 6.45) is 4.07. The molecule has 2 aromatic heterocycles. The molecule has 0 aliphatic carbocycles. The summed E-state index contributed by atoms with van der Waals surface area (Å²) >= 11 is 0. The largest absolute Gasteiger partial charge is 0.468 e. The number of aromatic amines is 1. The monoisotopic (exact) mass is 523 g/mol. The zero-order chi connectivity index (χ0) is 26.4. The van der Waals surface area contributed by atoms with Crippen LogP contribution in [0.4, 0.5) is 0 Å². The second-order valence-corrected chi connectivity index (χ2v) is 9.42. The Morgan fingerprint density at radius 1 is 1.14 bits per heavy atom. The van der Waals surface area contributed by atoms with Gasteiger partial charge in [0.15, 0.2) is 0 Å². The molecule has 0 bridgehead atoms. The molecule has 0 saturated carbocycles. The lowest BCUT2D eigenvalue weighted by Crippen LogP contribution is -2.22. The maximum absolute atomic E-state index is 12.4. The van der Waals surface area contributed by atoms with Crippen LogP contribution >= 0.6 is 0 Å². The Balaban J connectivity index is 1.36. The first kappa shape index (κ1) is 25.5. The summed E-state index contributed by atoms with van der Waals surface area (Å²) in [7, 11) is -2.50. The number of methoxy groups -OCH3 is 1. The second-order valence-electron chi connectivity index (χ2n) is 7.65. The van der Waals surface area contributed by atoms with Crippen molar-refractivity contribution in [3.63, 3.8) is 0 Å². The van der Waals surface area contributed by atoms with Gasteiger partial charge in [-0.2, -0.15) is 0 Å². The summed E-state index contributed by atoms with van der Waals surface area (Å²) in [5.41, 5.74) is 0.597. The topological polar surface area (TPSA) is 158 Å². The van der Waals surface area contributed by atoms with Gasteiger partial charge in [-0.3, -0.25) is 4.79 Å². The molecule has 12 heteroatoms. The third kappa shape index (κ3) is 6.37. The number of hydrogen-bond acceptors (Lipinski definition) is 9. The van der Waals surface area contributed by atoms with Crippen molar-refractivity contribution in [2.45, 2.75) is 18.0 Å². The molecule has 2 aromatic carbocycles. The molecule has 0 saturated heterocycles. The van der Waals surface area contributed by atoms with Crippen LogP contribution in [0, 0.1) is 0 Å². The number of aromatic nitrogens is 2. The number of hydrogen-bond donors (Lipinski definition) is 2. The highest BCUT2D eigenvalue weighted by Gasteiger charge is 2.14. The van der Waals surface area contributed by atoms with Gasteiger partial charge < -0.3 is 18.9 Å². The van der Waals surface area contributed by atoms with Crippen LogP contribution in [0.3, 0.4) is 0 Å². The summed E-state index contributed by atoms with van der Waals surface area (Å²) in [6, 6.07) is 13.5. The van der Waals surface area contributed by atoms with E-state index in [-0.39, 0.29) is 40.3 Å². The van der Waals surface area contributed by atoms with Gasteiger partial charge in [0.25, 0.3) is 5.56 Å². The Labute approximate surface area is 210 Å². The third-order valence-corrected chi connectivity index (χ3v) is 6.56. The van der Waals surface area contributed by atoms with Gasteiger partial charge in [0.05, 0.1) is 41.3 Å². The minimum absolute atomic E-state index is 0.0204. The first-order chi connectivity index (χ1) is 17.7. The molecule has 2 N–H and O–H groups in total. The molecule has 0 spiro atoms. The fourth-order valence-electron chi connectivity index (χ4n) is 3.27. The van der Waals surface area contributed by atoms with E-state index in [2.05, 4.69) is 19.4 Å². The summed E-state index contributed by atoms with van der Waals surface area (Å²) < 4.78 is 42.1. The Morgan fingerprint density at radius 2 is 1.92 bits per heavy atom. The first-order valence-electron chi connectivity index (χ1n) is 10.8. The molecule has 190 valence electrons. The number of carbonyl (C=O) groups is 2. The van der Waals surface area contributed by atoms with Gasteiger partial charge in [-0.05, 0) is 54.1 Å². The van der Waals surface area contributed by atoms with Crippen molar-refractivity contribution in [3.05, 3.63) is 100 Å². The smallest absolute Gasteiger partial charge is 0.337 e. The average Bonchev–Trinajstić information content (AvgIpc) is 3.43. The van der Waals surface area contributed by atoms with Crippen LogP contribution in [0.1, 0.15) is 27.5 Å². The number of nitrogens with one attached hydrogen (secondary N) is 2. The van der Waals surface area contributed by atoms with E-state index in [1.54, 1.807) is 12.1 Å². The number of fused-ring (bicyclic) bond motifs is 1. The fourth-order valence-corrected chi connectivity index (χ4v) is 4.27. The highest BCUT2D eigenvalue weighted by Crippen LogP contribution is 2.14. The fraction of sp³-hybridized carbons (Fsp3) is 0.120. The van der Waals surface area contributed by atoms with E-state index >= 15 is 0 Å². The molecule has 0 amide bonds. The molecule has 4 aromatic rings. The highest BCUT2D eigenvalue weighted by molar-refractivity contribution is 7.89. The van der Waals surface area contributed by atoms with Gasteiger partial charge in [-0.1, -0.05) is 12.1 Å². The lowest BCUT2D eigenvalue weighted by molar-refractivity contribution is -0.139. The predicted molar refractivity (Wildman–Crippen MR) is 132 cm³/mol. The van der Waals surface area contributed by atoms with Crippen molar-refractivity contribution in [2.75, 3.05) is 7.11 Å². The van der Waals surface area contributed by atoms with E-state index in [4.69, 9.17) is 9.15 Å². The SMILES string of the molecule is COC(=O)c1ccc2c(=O)[nH]c(COC(=O)/C=C/c3ccc(S(=O)(=O)NCc4ccco4)cc3)nc2c1. The molecule has 11 nitrogen and oxygen atoms in total. The van der Waals surface area contributed by atoms with Crippen molar-refractivity contribution in [3.8, 4) is 0 Å². The number of benzene rings is 2. The molecular formula is C25H21N3O8S. The maximum Gasteiger partial charge on any atom is 0.337 e. The van der Waals surface area contributed by atoms with E-state index in [1.165, 1.54) is 61.9 Å². The van der Waals surface area contributed by atoms with Crippen LogP contribution in [0.2, 0.25) is 0 Å². The lowest BCUT2D eigenvalue weighted by atomic mass is 10.1. The number of nitrogens with zero attached hydrogens (tertiary/aromatic N) is 1. The van der Waals surface area contributed by atoms with Crippen molar-refractivity contribution in [1.82, 2.24) is 14.7 Å². The van der Waals surface area contributed by atoms with E-state index in [1.807, 2.05) is 0 Å². The molecule has 0 atom stereocenters. The first-order valence-corrected chi connectivity index (χ1v) is 12.3. The third-order valence-electron chi connectivity index (χ3n) is 5.15. The lowest BCUT2D eigenvalue weighted by Gasteiger charge is -2.06. The van der Waals surface area contributed by atoms with Crippen LogP contribution in [0.5, 0.6) is 0 Å². The van der Waals surface area contributed by atoms with Crippen LogP contribution in [-0.2, 0) is 37.4 Å². The Bertz CT molecular complexity index is 1620. The Kier molecular flexibility index (Phi) is 7.60. The number of H-pyrrole nitrogens is 1. The summed E-state index contributed by atoms with van der Waals surface area (Å²) in [5.74, 6) is -0.700. The molecule has 2 heterocycles. The molecule has 37 heavy (non-hydrogen) atoms. The molecule has 0 radical (unpaired) electrons. The summed E-state index contributed by atoms with van der Waals surface area (Å²) in [5, 5.41) is 0.268. The van der Waals surface area contributed by atoms with E-state index in [0.717, 1.165) is 6.08 Å². The second kappa shape index (κ2) is 11.0. The van der Waals surface area contributed by atoms with Gasteiger partial charge in [0.2, 0.25) is 10.0 Å². The minimum atomic E-state index is -3.74. The molecular weight excluding hydrogens is 502 g/mol. The van der Waals surface area contributed by atoms with Gasteiger partial charge in [0.1, 0.15) is 18.2 Å². The number of esters is 2. The maximum atomic E-state index is 12.4. The van der Waals surface area contributed by atoms with Crippen LogP contribution < -0.4 is 10.3 Å². The number of rotatable bonds is 9. The van der Waals surface area contributed by atoms with Crippen molar-refractivity contribution in [1.29, 1.82) is 0 Å². The average molecular weight is 524 g/mol. The number of furan rings is 1. The van der Waals surface area contributed by atoms with E-state index in [0.29, 0.717) is 11.3 Å². The Morgan fingerprint density at radius 3 is 2.62 bits per heavy atom. The zero-order valence-electron chi connectivity index (χ0n) is 19.5. The van der Waals surface area contributed by atoms with Gasteiger partial charge in [-0.25, -0.2) is 27.7 Å². The van der Waals surface area contributed by atoms with Crippen LogP contribution in [0.25, 0.3) is 17.0 Å². The molecule has 4 rings (SSSR count). The Hall–Kier alpha value is -4.55. The molecule has 0 fully saturated rings. The van der Waals surface area contributed by atoms with Crippen molar-refractivity contribution >= 4 is 38.9 Å². The zero-order valence-corrected chi connectivity index (χ0v) is 20.3. The summed E-state index contributed by atoms with van der Waals surface area (Å²) in [4.78, 5) is 43.0. The van der Waals surface area contributed by atoms with E-state index in [9.17, 15) is 22.8 Å². The van der Waals surface area contributed by atoms with Crippen molar-refractivity contribution < 1.29 is 31.9 Å². The van der Waals surface area contributed by atoms with E-state index < -0.39 is 27.5 Å². The molecule has 0 aliphatic rings. The van der Waals surface area contributed by atoms with Gasteiger partial charge in [-0.15, -0.1) is 0 Å². The van der Waals surface area contributed by atoms with Gasteiger partial charge in [0, 0.05) is 6.08 Å². The molecule has 0 aliphatic heterocycles. The quantitative estimate of drug-likeness (QED) is 0.248.